The van der Waals surface area contributed by atoms with E-state index in [1.165, 1.54) is 12.1 Å². The summed E-state index contributed by atoms with van der Waals surface area (Å²) in [6.07, 6.45) is 4.21. The Hall–Kier alpha value is -1.39. The fourth-order valence-corrected chi connectivity index (χ4v) is 2.49. The molecule has 1 aromatic rings. The highest BCUT2D eigenvalue weighted by Crippen LogP contribution is 2.26. The molecule has 1 aliphatic heterocycles. The van der Waals surface area contributed by atoms with E-state index >= 15 is 0 Å². The van der Waals surface area contributed by atoms with E-state index in [-0.39, 0.29) is 11.9 Å². The van der Waals surface area contributed by atoms with Crippen LogP contribution in [0, 0.1) is 11.7 Å². The molecular weight excluding hydrogens is 269 g/mol. The third-order valence-corrected chi connectivity index (χ3v) is 3.70. The van der Waals surface area contributed by atoms with E-state index in [1.807, 2.05) is 19.9 Å². The normalized spacial score (nSPS) is 20.0. The predicted octanol–water partition coefficient (Wildman–Crippen LogP) is 2.78. The smallest absolute Gasteiger partial charge is 0.123 e. The predicted molar refractivity (Wildman–Crippen MR) is 81.1 cm³/mol. The maximum absolute atomic E-state index is 13.2. The Morgan fingerprint density at radius 3 is 2.90 bits per heavy atom. The summed E-state index contributed by atoms with van der Waals surface area (Å²) in [6.45, 7) is 4.23. The van der Waals surface area contributed by atoms with Gasteiger partial charge in [0.15, 0.2) is 0 Å². The molecular formula is C17H24FNO2. The topological polar surface area (TPSA) is 55.5 Å². The molecule has 3 N–H and O–H groups in total. The first kappa shape index (κ1) is 16.0. The lowest BCUT2D eigenvalue weighted by Gasteiger charge is -2.18. The Morgan fingerprint density at radius 2 is 2.24 bits per heavy atom. The van der Waals surface area contributed by atoms with Crippen LogP contribution in [0.15, 0.2) is 36.1 Å². The van der Waals surface area contributed by atoms with Crippen LogP contribution in [0.4, 0.5) is 4.39 Å². The average Bonchev–Trinajstić information content (AvgIpc) is 2.84. The van der Waals surface area contributed by atoms with Crippen molar-refractivity contribution in [3.63, 3.8) is 0 Å². The highest BCUT2D eigenvalue weighted by Gasteiger charge is 2.24. The Labute approximate surface area is 125 Å². The number of benzene rings is 1. The number of ether oxygens (including phenoxy) is 1. The number of aliphatic hydroxyl groups is 1. The van der Waals surface area contributed by atoms with Gasteiger partial charge in [-0.2, -0.15) is 0 Å². The van der Waals surface area contributed by atoms with Gasteiger partial charge in [0.1, 0.15) is 11.6 Å². The van der Waals surface area contributed by atoms with Gasteiger partial charge in [-0.1, -0.05) is 12.1 Å². The first-order valence-corrected chi connectivity index (χ1v) is 7.40. The fraction of sp³-hybridized carbons (Fsp3) is 0.529. The van der Waals surface area contributed by atoms with Crippen molar-refractivity contribution in [2.45, 2.75) is 44.8 Å². The van der Waals surface area contributed by atoms with E-state index in [0.29, 0.717) is 18.9 Å². The van der Waals surface area contributed by atoms with E-state index in [0.717, 1.165) is 24.2 Å². The maximum atomic E-state index is 13.2. The summed E-state index contributed by atoms with van der Waals surface area (Å²) in [5.74, 6) is 0.828. The van der Waals surface area contributed by atoms with Crippen LogP contribution in [0.1, 0.15) is 32.3 Å². The fourth-order valence-electron chi connectivity index (χ4n) is 2.49. The molecule has 1 aromatic carbocycles. The highest BCUT2D eigenvalue weighted by atomic mass is 19.1. The molecule has 0 radical (unpaired) electrons. The molecule has 0 saturated carbocycles. The van der Waals surface area contributed by atoms with Crippen molar-refractivity contribution in [3.05, 3.63) is 47.5 Å². The molecule has 1 heterocycles. The van der Waals surface area contributed by atoms with E-state index in [9.17, 15) is 9.50 Å². The van der Waals surface area contributed by atoms with Crippen molar-refractivity contribution in [1.82, 2.24) is 0 Å². The lowest BCUT2D eigenvalue weighted by Crippen LogP contribution is -2.25. The Morgan fingerprint density at radius 1 is 1.48 bits per heavy atom. The highest BCUT2D eigenvalue weighted by molar-refractivity contribution is 5.21. The van der Waals surface area contributed by atoms with Gasteiger partial charge < -0.3 is 15.6 Å². The minimum Gasteiger partial charge on any atom is -0.496 e. The first-order chi connectivity index (χ1) is 9.83. The van der Waals surface area contributed by atoms with Crippen molar-refractivity contribution in [1.29, 1.82) is 0 Å². The Kier molecular flexibility index (Phi) is 5.01. The molecule has 0 fully saturated rings. The van der Waals surface area contributed by atoms with Gasteiger partial charge in [0.25, 0.3) is 0 Å². The standard InChI is InChI=1S/C17H24FNO2/c1-17(2,20)7-6-13-10-16(21-11-13)15(19)9-12-4-3-5-14(18)8-12/h3-5,8,10,13,15,20H,6-7,9,11,19H2,1-2H3. The molecule has 21 heavy (non-hydrogen) atoms. The molecule has 2 rings (SSSR count). The van der Waals surface area contributed by atoms with Crippen molar-refractivity contribution in [2.75, 3.05) is 6.61 Å². The van der Waals surface area contributed by atoms with Crippen LogP contribution in [0.3, 0.4) is 0 Å². The molecule has 0 saturated heterocycles. The molecule has 4 heteroatoms. The minimum atomic E-state index is -0.653. The molecule has 1 aliphatic rings. The second-order valence-electron chi connectivity index (χ2n) is 6.43. The van der Waals surface area contributed by atoms with E-state index in [2.05, 4.69) is 6.08 Å². The SMILES string of the molecule is CC(C)(O)CCC1C=C(C(N)Cc2cccc(F)c2)OC1. The van der Waals surface area contributed by atoms with E-state index < -0.39 is 5.60 Å². The number of rotatable bonds is 6. The van der Waals surface area contributed by atoms with Gasteiger partial charge in [-0.15, -0.1) is 0 Å². The monoisotopic (exact) mass is 293 g/mol. The lowest BCUT2D eigenvalue weighted by atomic mass is 9.95. The average molecular weight is 293 g/mol. The Balaban J connectivity index is 1.89. The van der Waals surface area contributed by atoms with Gasteiger partial charge in [-0.25, -0.2) is 4.39 Å². The third kappa shape index (κ3) is 5.14. The van der Waals surface area contributed by atoms with Gasteiger partial charge in [-0.3, -0.25) is 0 Å². The van der Waals surface area contributed by atoms with E-state index in [4.69, 9.17) is 10.5 Å². The molecule has 0 aliphatic carbocycles. The zero-order valence-corrected chi connectivity index (χ0v) is 12.7. The summed E-state index contributed by atoms with van der Waals surface area (Å²) in [5, 5.41) is 9.75. The first-order valence-electron chi connectivity index (χ1n) is 7.40. The van der Waals surface area contributed by atoms with Crippen molar-refractivity contribution in [3.8, 4) is 0 Å². The van der Waals surface area contributed by atoms with Crippen LogP contribution in [0.25, 0.3) is 0 Å². The molecule has 0 amide bonds. The Bertz CT molecular complexity index is 508. The van der Waals surface area contributed by atoms with Gasteiger partial charge in [0.2, 0.25) is 0 Å². The zero-order valence-electron chi connectivity index (χ0n) is 12.7. The quantitative estimate of drug-likeness (QED) is 0.848. The number of nitrogens with two attached hydrogens (primary N) is 1. The van der Waals surface area contributed by atoms with Crippen LogP contribution < -0.4 is 5.73 Å². The molecule has 2 unspecified atom stereocenters. The summed E-state index contributed by atoms with van der Waals surface area (Å²) >= 11 is 0. The molecule has 2 atom stereocenters. The van der Waals surface area contributed by atoms with Crippen LogP contribution in [-0.4, -0.2) is 23.4 Å². The van der Waals surface area contributed by atoms with Gasteiger partial charge >= 0.3 is 0 Å². The van der Waals surface area contributed by atoms with Crippen LogP contribution in [0.5, 0.6) is 0 Å². The number of halogens is 1. The van der Waals surface area contributed by atoms with Crippen LogP contribution in [-0.2, 0) is 11.2 Å². The molecule has 0 spiro atoms. The summed E-state index contributed by atoms with van der Waals surface area (Å²) in [6, 6.07) is 6.23. The third-order valence-electron chi connectivity index (χ3n) is 3.70. The summed E-state index contributed by atoms with van der Waals surface area (Å²) in [5.41, 5.74) is 6.36. The minimum absolute atomic E-state index is 0.246. The van der Waals surface area contributed by atoms with Gasteiger partial charge in [0, 0.05) is 5.92 Å². The van der Waals surface area contributed by atoms with Crippen molar-refractivity contribution < 1.29 is 14.2 Å². The molecule has 3 nitrogen and oxygen atoms in total. The van der Waals surface area contributed by atoms with E-state index in [1.54, 1.807) is 6.07 Å². The number of hydrogen-bond donors (Lipinski definition) is 2. The maximum Gasteiger partial charge on any atom is 0.123 e. The van der Waals surface area contributed by atoms with Crippen LogP contribution in [0.2, 0.25) is 0 Å². The van der Waals surface area contributed by atoms with Crippen LogP contribution >= 0.6 is 0 Å². The van der Waals surface area contributed by atoms with Crippen molar-refractivity contribution in [2.24, 2.45) is 11.7 Å². The number of hydrogen-bond acceptors (Lipinski definition) is 3. The summed E-state index contributed by atoms with van der Waals surface area (Å²) in [7, 11) is 0. The second-order valence-corrected chi connectivity index (χ2v) is 6.43. The molecule has 0 bridgehead atoms. The molecule has 116 valence electrons. The van der Waals surface area contributed by atoms with Crippen molar-refractivity contribution >= 4 is 0 Å². The zero-order chi connectivity index (χ0) is 15.5. The van der Waals surface area contributed by atoms with Gasteiger partial charge in [-0.05, 0) is 56.9 Å². The largest absolute Gasteiger partial charge is 0.496 e. The molecule has 0 aromatic heterocycles. The lowest BCUT2D eigenvalue weighted by molar-refractivity contribution is 0.0631. The summed E-state index contributed by atoms with van der Waals surface area (Å²) < 4.78 is 18.8. The second kappa shape index (κ2) is 6.58. The summed E-state index contributed by atoms with van der Waals surface area (Å²) in [4.78, 5) is 0. The van der Waals surface area contributed by atoms with Gasteiger partial charge in [0.05, 0.1) is 18.2 Å².